The third kappa shape index (κ3) is 5.95. The van der Waals surface area contributed by atoms with Gasteiger partial charge in [-0.1, -0.05) is 37.6 Å². The molecule has 2 aromatic rings. The molecule has 0 aliphatic heterocycles. The summed E-state index contributed by atoms with van der Waals surface area (Å²) in [5, 5.41) is 5.64. The lowest BCUT2D eigenvalue weighted by Gasteiger charge is -2.09. The zero-order chi connectivity index (χ0) is 18.1. The molecule has 0 unspecified atom stereocenters. The molecule has 0 saturated carbocycles. The van der Waals surface area contributed by atoms with E-state index >= 15 is 0 Å². The fourth-order valence-electron chi connectivity index (χ4n) is 2.46. The third-order valence-electron chi connectivity index (χ3n) is 3.82. The predicted molar refractivity (Wildman–Crippen MR) is 98.9 cm³/mol. The Morgan fingerprint density at radius 3 is 2.12 bits per heavy atom. The molecule has 0 heterocycles. The quantitative estimate of drug-likeness (QED) is 0.754. The first-order valence-electron chi connectivity index (χ1n) is 8.43. The number of amides is 2. The molecule has 0 aromatic heterocycles. The molecule has 0 aliphatic carbocycles. The molecule has 132 valence electrons. The molecule has 0 spiro atoms. The number of ether oxygens (including phenoxy) is 1. The Hall–Kier alpha value is -2.82. The van der Waals surface area contributed by atoms with Crippen LogP contribution in [0.5, 0.6) is 0 Å². The highest BCUT2D eigenvalue weighted by Gasteiger charge is 2.05. The number of urea groups is 1. The number of rotatable bonds is 7. The van der Waals surface area contributed by atoms with Crippen molar-refractivity contribution in [2.75, 3.05) is 19.0 Å². The average Bonchev–Trinajstić information content (AvgIpc) is 2.63. The molecule has 5 heteroatoms. The topological polar surface area (TPSA) is 67.4 Å². The lowest BCUT2D eigenvalue weighted by Crippen LogP contribution is -2.30. The van der Waals surface area contributed by atoms with Crippen molar-refractivity contribution in [1.82, 2.24) is 5.32 Å². The maximum atomic E-state index is 11.9. The van der Waals surface area contributed by atoms with Crippen LogP contribution in [0.4, 0.5) is 10.5 Å². The number of hydrogen-bond acceptors (Lipinski definition) is 3. The van der Waals surface area contributed by atoms with Gasteiger partial charge in [-0.15, -0.1) is 0 Å². The van der Waals surface area contributed by atoms with Crippen LogP contribution in [0.2, 0.25) is 0 Å². The van der Waals surface area contributed by atoms with Gasteiger partial charge in [0.2, 0.25) is 0 Å². The molecule has 0 aliphatic rings. The molecule has 5 nitrogen and oxygen atoms in total. The number of aryl methyl sites for hydroxylation is 1. The molecular weight excluding hydrogens is 316 g/mol. The van der Waals surface area contributed by atoms with Crippen molar-refractivity contribution in [2.24, 2.45) is 0 Å². The number of methoxy groups -OCH3 is 1. The standard InChI is InChI=1S/C20H24N2O3/c1-3-4-15-7-11-18(12-8-15)22-20(24)21-14-13-16-5-9-17(10-6-16)19(23)25-2/h5-12H,3-4,13-14H2,1-2H3,(H2,21,22,24). The maximum Gasteiger partial charge on any atom is 0.337 e. The summed E-state index contributed by atoms with van der Waals surface area (Å²) in [6, 6.07) is 14.8. The van der Waals surface area contributed by atoms with E-state index in [1.807, 2.05) is 36.4 Å². The van der Waals surface area contributed by atoms with Crippen molar-refractivity contribution in [3.8, 4) is 0 Å². The number of carbonyl (C=O) groups is 2. The van der Waals surface area contributed by atoms with Crippen LogP contribution in [0.3, 0.4) is 0 Å². The van der Waals surface area contributed by atoms with Crippen LogP contribution in [0.1, 0.15) is 34.8 Å². The summed E-state index contributed by atoms with van der Waals surface area (Å²) in [6.07, 6.45) is 2.83. The van der Waals surface area contributed by atoms with Gasteiger partial charge in [-0.25, -0.2) is 9.59 Å². The molecule has 2 rings (SSSR count). The number of anilines is 1. The van der Waals surface area contributed by atoms with Crippen molar-refractivity contribution in [1.29, 1.82) is 0 Å². The molecule has 25 heavy (non-hydrogen) atoms. The zero-order valence-electron chi connectivity index (χ0n) is 14.7. The second kappa shape index (κ2) is 9.47. The van der Waals surface area contributed by atoms with Crippen molar-refractivity contribution in [3.05, 3.63) is 65.2 Å². The summed E-state index contributed by atoms with van der Waals surface area (Å²) in [5.74, 6) is -0.353. The van der Waals surface area contributed by atoms with E-state index < -0.39 is 0 Å². The Morgan fingerprint density at radius 1 is 0.920 bits per heavy atom. The normalized spacial score (nSPS) is 10.2. The van der Waals surface area contributed by atoms with E-state index in [-0.39, 0.29) is 12.0 Å². The number of esters is 1. The highest BCUT2D eigenvalue weighted by atomic mass is 16.5. The monoisotopic (exact) mass is 340 g/mol. The van der Waals surface area contributed by atoms with Gasteiger partial charge in [0.15, 0.2) is 0 Å². The van der Waals surface area contributed by atoms with Gasteiger partial charge in [-0.05, 0) is 48.2 Å². The van der Waals surface area contributed by atoms with Crippen molar-refractivity contribution in [2.45, 2.75) is 26.2 Å². The van der Waals surface area contributed by atoms with Crippen LogP contribution in [0, 0.1) is 0 Å². The first-order chi connectivity index (χ1) is 12.1. The van der Waals surface area contributed by atoms with E-state index in [1.165, 1.54) is 12.7 Å². The second-order valence-electron chi connectivity index (χ2n) is 5.77. The summed E-state index contributed by atoms with van der Waals surface area (Å²) in [6.45, 7) is 2.65. The summed E-state index contributed by atoms with van der Waals surface area (Å²) in [5.41, 5.74) is 3.60. The average molecular weight is 340 g/mol. The van der Waals surface area contributed by atoms with Crippen LogP contribution in [0.15, 0.2) is 48.5 Å². The Bertz CT molecular complexity index is 694. The summed E-state index contributed by atoms with van der Waals surface area (Å²) in [7, 11) is 1.36. The highest BCUT2D eigenvalue weighted by molar-refractivity contribution is 5.89. The highest BCUT2D eigenvalue weighted by Crippen LogP contribution is 2.11. The molecule has 2 N–H and O–H groups in total. The van der Waals surface area contributed by atoms with Crippen molar-refractivity contribution < 1.29 is 14.3 Å². The number of hydrogen-bond donors (Lipinski definition) is 2. The fourth-order valence-corrected chi connectivity index (χ4v) is 2.46. The minimum atomic E-state index is -0.353. The van der Waals surface area contributed by atoms with Gasteiger partial charge in [0.05, 0.1) is 12.7 Å². The second-order valence-corrected chi connectivity index (χ2v) is 5.77. The Labute approximate surface area is 148 Å². The Balaban J connectivity index is 1.75. The Kier molecular flexibility index (Phi) is 7.01. The molecule has 0 saturated heterocycles. The lowest BCUT2D eigenvalue weighted by molar-refractivity contribution is 0.0600. The fraction of sp³-hybridized carbons (Fsp3) is 0.300. The van der Waals surface area contributed by atoms with E-state index in [2.05, 4.69) is 22.3 Å². The largest absolute Gasteiger partial charge is 0.465 e. The van der Waals surface area contributed by atoms with Gasteiger partial charge in [-0.3, -0.25) is 0 Å². The van der Waals surface area contributed by atoms with E-state index in [0.29, 0.717) is 18.5 Å². The lowest BCUT2D eigenvalue weighted by atomic mass is 10.1. The van der Waals surface area contributed by atoms with Gasteiger partial charge < -0.3 is 15.4 Å². The van der Waals surface area contributed by atoms with Crippen LogP contribution < -0.4 is 10.6 Å². The molecule has 0 fully saturated rings. The number of carbonyl (C=O) groups excluding carboxylic acids is 2. The predicted octanol–water partition coefficient (Wildman–Crippen LogP) is 3.79. The van der Waals surface area contributed by atoms with Gasteiger partial charge in [0.25, 0.3) is 0 Å². The van der Waals surface area contributed by atoms with Gasteiger partial charge in [0.1, 0.15) is 0 Å². The minimum Gasteiger partial charge on any atom is -0.465 e. The maximum absolute atomic E-state index is 11.9. The first-order valence-corrected chi connectivity index (χ1v) is 8.43. The molecule has 0 radical (unpaired) electrons. The van der Waals surface area contributed by atoms with E-state index in [0.717, 1.165) is 24.1 Å². The first kappa shape index (κ1) is 18.5. The molecule has 2 aromatic carbocycles. The van der Waals surface area contributed by atoms with Crippen LogP contribution in [-0.2, 0) is 17.6 Å². The summed E-state index contributed by atoms with van der Waals surface area (Å²) in [4.78, 5) is 23.3. The molecule has 0 bridgehead atoms. The van der Waals surface area contributed by atoms with Gasteiger partial charge in [-0.2, -0.15) is 0 Å². The Morgan fingerprint density at radius 2 is 1.52 bits per heavy atom. The van der Waals surface area contributed by atoms with Crippen LogP contribution >= 0.6 is 0 Å². The van der Waals surface area contributed by atoms with Crippen LogP contribution in [-0.4, -0.2) is 25.7 Å². The number of nitrogens with one attached hydrogen (secondary N) is 2. The van der Waals surface area contributed by atoms with Crippen LogP contribution in [0.25, 0.3) is 0 Å². The van der Waals surface area contributed by atoms with Gasteiger partial charge in [0, 0.05) is 12.2 Å². The third-order valence-corrected chi connectivity index (χ3v) is 3.82. The van der Waals surface area contributed by atoms with Gasteiger partial charge >= 0.3 is 12.0 Å². The van der Waals surface area contributed by atoms with Crippen molar-refractivity contribution in [3.63, 3.8) is 0 Å². The number of benzene rings is 2. The van der Waals surface area contributed by atoms with Crippen molar-refractivity contribution >= 4 is 17.7 Å². The summed E-state index contributed by atoms with van der Waals surface area (Å²) < 4.78 is 4.66. The minimum absolute atomic E-state index is 0.227. The molecular formula is C20H24N2O3. The van der Waals surface area contributed by atoms with E-state index in [9.17, 15) is 9.59 Å². The van der Waals surface area contributed by atoms with E-state index in [1.54, 1.807) is 12.1 Å². The molecule has 0 atom stereocenters. The smallest absolute Gasteiger partial charge is 0.337 e. The molecule has 2 amide bonds. The zero-order valence-corrected chi connectivity index (χ0v) is 14.7. The summed E-state index contributed by atoms with van der Waals surface area (Å²) >= 11 is 0. The van der Waals surface area contributed by atoms with E-state index in [4.69, 9.17) is 0 Å². The SMILES string of the molecule is CCCc1ccc(NC(=O)NCCc2ccc(C(=O)OC)cc2)cc1.